The third-order valence-corrected chi connectivity index (χ3v) is 3.39. The van der Waals surface area contributed by atoms with Gasteiger partial charge in [0.05, 0.1) is 19.0 Å². The second kappa shape index (κ2) is 6.05. The molecule has 1 saturated heterocycles. The lowest BCUT2D eigenvalue weighted by molar-refractivity contribution is 0.324. The van der Waals surface area contributed by atoms with Gasteiger partial charge in [-0.1, -0.05) is 0 Å². The highest BCUT2D eigenvalue weighted by molar-refractivity contribution is 6.18. The van der Waals surface area contributed by atoms with Crippen molar-refractivity contribution in [2.75, 3.05) is 30.5 Å². The predicted molar refractivity (Wildman–Crippen MR) is 68.9 cm³/mol. The van der Waals surface area contributed by atoms with E-state index in [2.05, 4.69) is 14.9 Å². The van der Waals surface area contributed by atoms with Gasteiger partial charge >= 0.3 is 0 Å². The molecule has 0 saturated carbocycles. The summed E-state index contributed by atoms with van der Waals surface area (Å²) in [6, 6.07) is 0. The van der Waals surface area contributed by atoms with E-state index in [1.807, 2.05) is 6.92 Å². The molecular formula is C12H18ClN3O. The van der Waals surface area contributed by atoms with E-state index in [4.69, 9.17) is 16.3 Å². The number of ether oxygens (including phenoxy) is 1. The normalized spacial score (nSPS) is 20.4. The van der Waals surface area contributed by atoms with Crippen molar-refractivity contribution < 1.29 is 4.74 Å². The Morgan fingerprint density at radius 2 is 2.41 bits per heavy atom. The van der Waals surface area contributed by atoms with Crippen molar-refractivity contribution in [1.29, 1.82) is 0 Å². The number of piperidine rings is 1. The lowest BCUT2D eigenvalue weighted by Gasteiger charge is -2.32. The van der Waals surface area contributed by atoms with Crippen LogP contribution in [0.25, 0.3) is 0 Å². The fourth-order valence-electron chi connectivity index (χ4n) is 2.11. The number of anilines is 1. The first kappa shape index (κ1) is 12.4. The zero-order chi connectivity index (χ0) is 12.1. The molecule has 1 atom stereocenters. The Bertz CT molecular complexity index is 361. The molecular weight excluding hydrogens is 238 g/mol. The number of halogens is 1. The molecule has 17 heavy (non-hydrogen) atoms. The molecule has 0 bridgehead atoms. The van der Waals surface area contributed by atoms with Crippen molar-refractivity contribution in [2.45, 2.75) is 19.8 Å². The van der Waals surface area contributed by atoms with Gasteiger partial charge in [0.1, 0.15) is 0 Å². The van der Waals surface area contributed by atoms with Gasteiger partial charge in [-0.2, -0.15) is 4.98 Å². The Morgan fingerprint density at radius 3 is 3.18 bits per heavy atom. The summed E-state index contributed by atoms with van der Waals surface area (Å²) in [5.74, 6) is 2.77. The molecule has 4 nitrogen and oxygen atoms in total. The summed E-state index contributed by atoms with van der Waals surface area (Å²) in [6.07, 6.45) is 5.81. The highest BCUT2D eigenvalue weighted by atomic mass is 35.5. The molecule has 0 aromatic carbocycles. The summed E-state index contributed by atoms with van der Waals surface area (Å²) < 4.78 is 5.36. The van der Waals surface area contributed by atoms with Crippen LogP contribution < -0.4 is 9.64 Å². The minimum atomic E-state index is 0.558. The molecule has 0 N–H and O–H groups in total. The van der Waals surface area contributed by atoms with Crippen LogP contribution in [-0.4, -0.2) is 35.5 Å². The fourth-order valence-corrected chi connectivity index (χ4v) is 2.36. The van der Waals surface area contributed by atoms with E-state index in [1.54, 1.807) is 12.4 Å². The average Bonchev–Trinajstić information content (AvgIpc) is 2.40. The number of hydrogen-bond donors (Lipinski definition) is 0. The van der Waals surface area contributed by atoms with Crippen molar-refractivity contribution in [3.05, 3.63) is 12.4 Å². The van der Waals surface area contributed by atoms with Gasteiger partial charge in [0.25, 0.3) is 0 Å². The second-order valence-corrected chi connectivity index (χ2v) is 4.57. The van der Waals surface area contributed by atoms with Crippen LogP contribution in [0.15, 0.2) is 12.4 Å². The fraction of sp³-hybridized carbons (Fsp3) is 0.667. The molecule has 0 amide bonds. The molecule has 2 rings (SSSR count). The summed E-state index contributed by atoms with van der Waals surface area (Å²) in [5, 5.41) is 0. The van der Waals surface area contributed by atoms with Crippen LogP contribution in [0.1, 0.15) is 19.8 Å². The van der Waals surface area contributed by atoms with Crippen molar-refractivity contribution >= 4 is 17.4 Å². The predicted octanol–water partition coefficient (Wildman–Crippen LogP) is 2.33. The highest BCUT2D eigenvalue weighted by Crippen LogP contribution is 2.23. The summed E-state index contributed by atoms with van der Waals surface area (Å²) >= 11 is 5.93. The van der Waals surface area contributed by atoms with E-state index in [-0.39, 0.29) is 0 Å². The third kappa shape index (κ3) is 3.22. The van der Waals surface area contributed by atoms with E-state index in [1.165, 1.54) is 6.42 Å². The standard InChI is InChI=1S/C12H18ClN3O/c1-2-17-12-8-14-7-11(15-12)16-5-3-4-10(6-13)9-16/h7-8,10H,2-6,9H2,1H3. The smallest absolute Gasteiger partial charge is 0.234 e. The maximum atomic E-state index is 5.93. The summed E-state index contributed by atoms with van der Waals surface area (Å²) in [4.78, 5) is 10.9. The molecule has 5 heteroatoms. The molecule has 1 fully saturated rings. The van der Waals surface area contributed by atoms with Gasteiger partial charge in [0.2, 0.25) is 5.88 Å². The molecule has 1 aromatic heterocycles. The van der Waals surface area contributed by atoms with Crippen molar-refractivity contribution in [2.24, 2.45) is 5.92 Å². The number of rotatable bonds is 4. The average molecular weight is 256 g/mol. The summed E-state index contributed by atoms with van der Waals surface area (Å²) in [6.45, 7) is 4.55. The van der Waals surface area contributed by atoms with Crippen LogP contribution in [0.3, 0.4) is 0 Å². The van der Waals surface area contributed by atoms with Gasteiger partial charge in [-0.15, -0.1) is 11.6 Å². The quantitative estimate of drug-likeness (QED) is 0.774. The van der Waals surface area contributed by atoms with Crippen LogP contribution in [0, 0.1) is 5.92 Å². The van der Waals surface area contributed by atoms with Gasteiger partial charge in [-0.05, 0) is 25.7 Å². The summed E-state index contributed by atoms with van der Waals surface area (Å²) in [5.41, 5.74) is 0. The largest absolute Gasteiger partial charge is 0.477 e. The lowest BCUT2D eigenvalue weighted by atomic mass is 10.0. The second-order valence-electron chi connectivity index (χ2n) is 4.26. The Morgan fingerprint density at radius 1 is 1.53 bits per heavy atom. The maximum Gasteiger partial charge on any atom is 0.234 e. The first-order chi connectivity index (χ1) is 8.33. The SMILES string of the molecule is CCOc1cncc(N2CCCC(CCl)C2)n1. The van der Waals surface area contributed by atoms with Gasteiger partial charge in [0.15, 0.2) is 5.82 Å². The molecule has 94 valence electrons. The van der Waals surface area contributed by atoms with Gasteiger partial charge in [0, 0.05) is 19.0 Å². The van der Waals surface area contributed by atoms with Gasteiger partial charge in [-0.3, -0.25) is 4.98 Å². The van der Waals surface area contributed by atoms with E-state index in [9.17, 15) is 0 Å². The molecule has 1 aromatic rings. The third-order valence-electron chi connectivity index (χ3n) is 2.95. The minimum Gasteiger partial charge on any atom is -0.477 e. The van der Waals surface area contributed by atoms with Gasteiger partial charge < -0.3 is 9.64 Å². The number of alkyl halides is 1. The number of nitrogens with zero attached hydrogens (tertiary/aromatic N) is 3. The number of aromatic nitrogens is 2. The molecule has 0 radical (unpaired) electrons. The monoisotopic (exact) mass is 255 g/mol. The van der Waals surface area contributed by atoms with E-state index in [0.29, 0.717) is 18.4 Å². The Labute approximate surface area is 107 Å². The zero-order valence-electron chi connectivity index (χ0n) is 10.1. The molecule has 1 unspecified atom stereocenters. The molecule has 0 spiro atoms. The number of hydrogen-bond acceptors (Lipinski definition) is 4. The van der Waals surface area contributed by atoms with E-state index >= 15 is 0 Å². The molecule has 0 aliphatic carbocycles. The first-order valence-electron chi connectivity index (χ1n) is 6.09. The van der Waals surface area contributed by atoms with Crippen LogP contribution in [0.4, 0.5) is 5.82 Å². The molecule has 1 aliphatic heterocycles. The van der Waals surface area contributed by atoms with Crippen molar-refractivity contribution in [3.8, 4) is 5.88 Å². The zero-order valence-corrected chi connectivity index (χ0v) is 10.9. The van der Waals surface area contributed by atoms with Crippen LogP contribution >= 0.6 is 11.6 Å². The minimum absolute atomic E-state index is 0.558. The molecule has 1 aliphatic rings. The molecule has 2 heterocycles. The maximum absolute atomic E-state index is 5.93. The van der Waals surface area contributed by atoms with Gasteiger partial charge in [-0.25, -0.2) is 0 Å². The Hall–Kier alpha value is -1.03. The van der Waals surface area contributed by atoms with Crippen LogP contribution in [-0.2, 0) is 0 Å². The highest BCUT2D eigenvalue weighted by Gasteiger charge is 2.20. The van der Waals surface area contributed by atoms with Crippen LogP contribution in [0.2, 0.25) is 0 Å². The van der Waals surface area contributed by atoms with E-state index in [0.717, 1.165) is 31.2 Å². The van der Waals surface area contributed by atoms with Crippen LogP contribution in [0.5, 0.6) is 5.88 Å². The summed E-state index contributed by atoms with van der Waals surface area (Å²) in [7, 11) is 0. The van der Waals surface area contributed by atoms with E-state index < -0.39 is 0 Å². The Balaban J connectivity index is 2.07. The Kier molecular flexibility index (Phi) is 4.42. The van der Waals surface area contributed by atoms with Crippen molar-refractivity contribution in [1.82, 2.24) is 9.97 Å². The van der Waals surface area contributed by atoms with Crippen molar-refractivity contribution in [3.63, 3.8) is 0 Å². The first-order valence-corrected chi connectivity index (χ1v) is 6.62. The topological polar surface area (TPSA) is 38.2 Å². The lowest BCUT2D eigenvalue weighted by Crippen LogP contribution is -2.36.